The summed E-state index contributed by atoms with van der Waals surface area (Å²) in [6.07, 6.45) is 12.1. The summed E-state index contributed by atoms with van der Waals surface area (Å²) in [6, 6.07) is 50.6. The van der Waals surface area contributed by atoms with Crippen LogP contribution < -0.4 is 15.5 Å². The van der Waals surface area contributed by atoms with E-state index in [0.717, 1.165) is 39.9 Å². The van der Waals surface area contributed by atoms with Gasteiger partial charge < -0.3 is 9.32 Å². The van der Waals surface area contributed by atoms with Gasteiger partial charge >= 0.3 is 0 Å². The SMILES string of the molecule is C1=CC2=c3c(oc4c(N(c5cccc(-c6ccccc6)c5)c5ccc6c(ccc7c8ccccc8ccc67)c5)cccc34)=CCC2C=C1. The number of fused-ring (bicyclic) bond motifs is 9. The third kappa shape index (κ3) is 4.19. The van der Waals surface area contributed by atoms with E-state index in [1.54, 1.807) is 0 Å². The van der Waals surface area contributed by atoms with Crippen LogP contribution in [-0.2, 0) is 0 Å². The van der Waals surface area contributed by atoms with E-state index in [0.29, 0.717) is 5.92 Å². The van der Waals surface area contributed by atoms with Gasteiger partial charge in [-0.15, -0.1) is 0 Å². The van der Waals surface area contributed by atoms with Gasteiger partial charge in [-0.3, -0.25) is 0 Å². The molecule has 1 unspecified atom stereocenters. The highest BCUT2D eigenvalue weighted by Gasteiger charge is 2.23. The van der Waals surface area contributed by atoms with Crippen molar-refractivity contribution in [1.82, 2.24) is 0 Å². The molecule has 0 N–H and O–H groups in total. The lowest BCUT2D eigenvalue weighted by atomic mass is 9.87. The Kier molecular flexibility index (Phi) is 6.04. The van der Waals surface area contributed by atoms with Crippen LogP contribution in [0.1, 0.15) is 6.42 Å². The van der Waals surface area contributed by atoms with Crippen LogP contribution in [0.3, 0.4) is 0 Å². The minimum absolute atomic E-state index is 0.387. The first-order valence-corrected chi connectivity index (χ1v) is 16.7. The number of hydrogen-bond acceptors (Lipinski definition) is 2. The highest BCUT2D eigenvalue weighted by atomic mass is 16.3. The first-order chi connectivity index (χ1) is 23.8. The Morgan fingerprint density at radius 3 is 2.19 bits per heavy atom. The molecule has 7 aromatic carbocycles. The Bertz CT molecular complexity index is 2760. The molecule has 2 nitrogen and oxygen atoms in total. The molecule has 0 amide bonds. The zero-order chi connectivity index (χ0) is 31.6. The van der Waals surface area contributed by atoms with E-state index < -0.39 is 0 Å². The average molecular weight is 614 g/mol. The molecule has 0 saturated carbocycles. The van der Waals surface area contributed by atoms with Crippen molar-refractivity contribution in [2.24, 2.45) is 5.92 Å². The van der Waals surface area contributed by atoms with E-state index in [1.807, 2.05) is 0 Å². The van der Waals surface area contributed by atoms with E-state index in [2.05, 4.69) is 175 Å². The molecule has 1 atom stereocenters. The van der Waals surface area contributed by atoms with E-state index >= 15 is 0 Å². The summed E-state index contributed by atoms with van der Waals surface area (Å²) < 4.78 is 6.82. The fourth-order valence-electron chi connectivity index (χ4n) is 7.87. The highest BCUT2D eigenvalue weighted by molar-refractivity contribution is 6.17. The molecular weight excluding hydrogens is 583 g/mol. The molecule has 2 aliphatic rings. The zero-order valence-electron chi connectivity index (χ0n) is 26.3. The molecule has 0 radical (unpaired) electrons. The van der Waals surface area contributed by atoms with E-state index in [-0.39, 0.29) is 0 Å². The topological polar surface area (TPSA) is 16.4 Å². The normalized spacial score (nSPS) is 15.2. The van der Waals surface area contributed by atoms with Crippen molar-refractivity contribution < 1.29 is 4.42 Å². The van der Waals surface area contributed by atoms with Gasteiger partial charge in [0, 0.05) is 27.9 Å². The quantitative estimate of drug-likeness (QED) is 0.184. The maximum atomic E-state index is 6.82. The van der Waals surface area contributed by atoms with Crippen LogP contribution in [0.2, 0.25) is 0 Å². The maximum absolute atomic E-state index is 6.82. The van der Waals surface area contributed by atoms with Crippen LogP contribution in [0.15, 0.2) is 168 Å². The molecule has 0 spiro atoms. The van der Waals surface area contributed by atoms with Crippen LogP contribution in [0.5, 0.6) is 0 Å². The maximum Gasteiger partial charge on any atom is 0.159 e. The third-order valence-electron chi connectivity index (χ3n) is 10.1. The van der Waals surface area contributed by atoms with Crippen molar-refractivity contribution in [3.05, 3.63) is 174 Å². The summed E-state index contributed by atoms with van der Waals surface area (Å²) >= 11 is 0. The van der Waals surface area contributed by atoms with Crippen molar-refractivity contribution in [2.75, 3.05) is 4.90 Å². The second-order valence-electron chi connectivity index (χ2n) is 12.8. The second-order valence-corrected chi connectivity index (χ2v) is 12.8. The smallest absolute Gasteiger partial charge is 0.159 e. The molecule has 2 aliphatic carbocycles. The Morgan fingerprint density at radius 1 is 0.542 bits per heavy atom. The molecule has 0 saturated heterocycles. The number of furan rings is 1. The summed E-state index contributed by atoms with van der Waals surface area (Å²) in [5.74, 6) is 0.387. The predicted octanol–water partition coefficient (Wildman–Crippen LogP) is 11.1. The van der Waals surface area contributed by atoms with Gasteiger partial charge in [-0.1, -0.05) is 133 Å². The molecule has 1 heterocycles. The van der Waals surface area contributed by atoms with Gasteiger partial charge in [-0.05, 0) is 91.8 Å². The van der Waals surface area contributed by atoms with Crippen LogP contribution in [0.4, 0.5) is 17.1 Å². The Labute approximate surface area is 278 Å². The van der Waals surface area contributed by atoms with E-state index in [9.17, 15) is 0 Å². The number of allylic oxidation sites excluding steroid dienone is 4. The Hall–Kier alpha value is -6.12. The average Bonchev–Trinajstić information content (AvgIpc) is 3.55. The second kappa shape index (κ2) is 10.7. The van der Waals surface area contributed by atoms with Gasteiger partial charge in [-0.25, -0.2) is 0 Å². The van der Waals surface area contributed by atoms with E-state index in [1.165, 1.54) is 54.2 Å². The number of para-hydroxylation sites is 1. The summed E-state index contributed by atoms with van der Waals surface area (Å²) in [7, 11) is 0. The largest absolute Gasteiger partial charge is 0.454 e. The molecule has 10 rings (SSSR count). The lowest BCUT2D eigenvalue weighted by Gasteiger charge is -2.26. The Morgan fingerprint density at radius 2 is 1.27 bits per heavy atom. The first kappa shape index (κ1) is 27.0. The van der Waals surface area contributed by atoms with Crippen molar-refractivity contribution >= 4 is 72.0 Å². The van der Waals surface area contributed by atoms with Gasteiger partial charge in [0.15, 0.2) is 5.58 Å². The van der Waals surface area contributed by atoms with Crippen LogP contribution in [-0.4, -0.2) is 0 Å². The molecule has 48 heavy (non-hydrogen) atoms. The predicted molar refractivity (Wildman–Crippen MR) is 202 cm³/mol. The van der Waals surface area contributed by atoms with Crippen LogP contribution >= 0.6 is 0 Å². The number of anilines is 3. The van der Waals surface area contributed by atoms with Gasteiger partial charge in [0.1, 0.15) is 5.42 Å². The molecule has 226 valence electrons. The molecular formula is C46H31NO. The van der Waals surface area contributed by atoms with Gasteiger partial charge in [0.05, 0.1) is 5.69 Å². The van der Waals surface area contributed by atoms with Crippen LogP contribution in [0, 0.1) is 5.92 Å². The molecule has 8 aromatic rings. The van der Waals surface area contributed by atoms with Crippen molar-refractivity contribution in [2.45, 2.75) is 6.42 Å². The zero-order valence-corrected chi connectivity index (χ0v) is 26.3. The fourth-order valence-corrected chi connectivity index (χ4v) is 7.87. The van der Waals surface area contributed by atoms with Gasteiger partial charge in [0.2, 0.25) is 0 Å². The number of nitrogens with zero attached hydrogens (tertiary/aromatic N) is 1. The minimum Gasteiger partial charge on any atom is -0.454 e. The van der Waals surface area contributed by atoms with Crippen molar-refractivity contribution in [1.29, 1.82) is 0 Å². The van der Waals surface area contributed by atoms with Crippen molar-refractivity contribution in [3.63, 3.8) is 0 Å². The molecule has 0 bridgehead atoms. The summed E-state index contributed by atoms with van der Waals surface area (Å²) in [5.41, 5.74) is 8.78. The third-order valence-corrected chi connectivity index (χ3v) is 10.1. The van der Waals surface area contributed by atoms with Crippen LogP contribution in [0.25, 0.3) is 66.1 Å². The summed E-state index contributed by atoms with van der Waals surface area (Å²) in [5, 5.41) is 9.94. The Balaban J connectivity index is 1.22. The molecule has 1 aromatic heterocycles. The summed E-state index contributed by atoms with van der Waals surface area (Å²) in [6.45, 7) is 0. The standard InChI is InChI=1S/C46H31NO/c1-2-10-30(11-3-1)33-14-8-15-35(28-33)47(43-19-9-18-42-45-39-17-7-5-13-32(39)22-27-44(45)48-46(42)43)36-23-26-38-34(29-36)21-25-40-37-16-6-4-12-31(37)20-24-41(38)40/h1-21,23-29,32H,22H2. The van der Waals surface area contributed by atoms with Gasteiger partial charge in [-0.2, -0.15) is 0 Å². The number of hydrogen-bond donors (Lipinski definition) is 0. The first-order valence-electron chi connectivity index (χ1n) is 16.7. The number of benzene rings is 7. The lowest BCUT2D eigenvalue weighted by Crippen LogP contribution is -2.29. The van der Waals surface area contributed by atoms with Crippen molar-refractivity contribution in [3.8, 4) is 11.1 Å². The fraction of sp³-hybridized carbons (Fsp3) is 0.0435. The number of rotatable bonds is 4. The molecule has 2 heteroatoms. The monoisotopic (exact) mass is 613 g/mol. The highest BCUT2D eigenvalue weighted by Crippen LogP contribution is 2.42. The van der Waals surface area contributed by atoms with E-state index in [4.69, 9.17) is 4.42 Å². The minimum atomic E-state index is 0.387. The lowest BCUT2D eigenvalue weighted by molar-refractivity contribution is 0.568. The molecule has 0 aliphatic heterocycles. The van der Waals surface area contributed by atoms with Gasteiger partial charge in [0.25, 0.3) is 0 Å². The summed E-state index contributed by atoms with van der Waals surface area (Å²) in [4.78, 5) is 2.37. The molecule has 0 fully saturated rings.